The van der Waals surface area contributed by atoms with Crippen LogP contribution in [0.3, 0.4) is 0 Å². The topological polar surface area (TPSA) is 253 Å². The maximum Gasteiger partial charge on any atom is 0.251 e. The van der Waals surface area contributed by atoms with Gasteiger partial charge < -0.3 is 52.8 Å². The van der Waals surface area contributed by atoms with Crippen molar-refractivity contribution >= 4 is 48.3 Å². The van der Waals surface area contributed by atoms with Gasteiger partial charge in [-0.2, -0.15) is 0 Å². The summed E-state index contributed by atoms with van der Waals surface area (Å²) in [5.74, 6) is 4.26. The van der Waals surface area contributed by atoms with Gasteiger partial charge in [-0.3, -0.25) is 38.4 Å². The lowest BCUT2D eigenvalue weighted by molar-refractivity contribution is -0.136. The summed E-state index contributed by atoms with van der Waals surface area (Å²) in [6, 6.07) is 31.9. The number of benzene rings is 4. The Labute approximate surface area is 472 Å². The van der Waals surface area contributed by atoms with Crippen molar-refractivity contribution in [2.45, 2.75) is 127 Å². The maximum atomic E-state index is 13.5. The highest BCUT2D eigenvalue weighted by Gasteiger charge is 2.33. The van der Waals surface area contributed by atoms with Gasteiger partial charge in [0.25, 0.3) is 5.91 Å². The van der Waals surface area contributed by atoms with Crippen LogP contribution in [0.5, 0.6) is 0 Å². The monoisotopic (exact) mass is 1090 g/mol. The molecule has 2 aliphatic heterocycles. The molecule has 2 heterocycles. The first-order chi connectivity index (χ1) is 38.8. The number of rotatable bonds is 17. The molecule has 9 N–H and O–H groups in total. The molecule has 2 saturated heterocycles. The molecule has 0 spiro atoms. The summed E-state index contributed by atoms with van der Waals surface area (Å²) in [7, 11) is 3.32. The molecule has 428 valence electrons. The predicted molar refractivity (Wildman–Crippen MR) is 311 cm³/mol. The van der Waals surface area contributed by atoms with Crippen molar-refractivity contribution in [2.75, 3.05) is 40.3 Å². The Balaban J connectivity index is 0.000000294. The summed E-state index contributed by atoms with van der Waals surface area (Å²) in [5.41, 5.74) is 11.4. The summed E-state index contributed by atoms with van der Waals surface area (Å²) < 4.78 is 0. The largest absolute Gasteiger partial charge is 0.366 e. The third-order valence-corrected chi connectivity index (χ3v) is 14.2. The van der Waals surface area contributed by atoms with Gasteiger partial charge in [-0.1, -0.05) is 84.9 Å². The van der Waals surface area contributed by atoms with Gasteiger partial charge in [-0.15, -0.1) is 25.0 Å². The standard InChI is InChI=1S/C31H45N7O5.2C11H13NO.C7H7NO.C2H4/c1-21(32-3)27(39)35-25(30(42)37-17-10-11-18-37)14-8-9-15-26(36-28(40)22(2)33-4)31(43)38-19-16-24(20-38)34-29(41)23-12-6-5-7-13-23;2*13-8-12-11-7-3-5-9-4-1-2-6-10(9)11;8-7(9)6-4-2-1-3-5-6;1-2/h5-7,12-13,21-22,24-26,32-33H,10-11,14-20H2,1-4H3,(H,34,41)(H,35,39)(H,36,40);2*1-2,4,6,8,11H,3,5,7H2,(H,12,13);1-5H,(H2,8,9);1-2H2/t21-,22-,24-,25?,26?;;;;/m0..../s1. The summed E-state index contributed by atoms with van der Waals surface area (Å²) >= 11 is 0. The van der Waals surface area contributed by atoms with E-state index in [1.807, 2.05) is 24.3 Å². The van der Waals surface area contributed by atoms with Crippen molar-refractivity contribution in [3.63, 3.8) is 0 Å². The molecule has 4 aliphatic rings. The molecule has 4 aromatic carbocycles. The van der Waals surface area contributed by atoms with Crippen LogP contribution in [0.25, 0.3) is 0 Å². The van der Waals surface area contributed by atoms with Crippen LogP contribution in [0.2, 0.25) is 0 Å². The van der Waals surface area contributed by atoms with E-state index in [-0.39, 0.29) is 66.4 Å². The zero-order chi connectivity index (χ0) is 58.2. The Bertz CT molecular complexity index is 2610. The molecule has 4 aromatic rings. The molecule has 0 radical (unpaired) electrons. The van der Waals surface area contributed by atoms with E-state index in [4.69, 9.17) is 5.73 Å². The third-order valence-electron chi connectivity index (χ3n) is 14.2. The number of hydrogen-bond donors (Lipinski definition) is 8. The second-order valence-electron chi connectivity index (χ2n) is 19.6. The molecule has 18 nitrogen and oxygen atoms in total. The molecule has 2 aliphatic carbocycles. The number of nitrogens with one attached hydrogen (secondary N) is 7. The molecule has 2 fully saturated rings. The number of likely N-dealkylation sites (tertiary alicyclic amines) is 2. The number of hydrogen-bond acceptors (Lipinski definition) is 10. The predicted octanol–water partition coefficient (Wildman–Crippen LogP) is 4.82. The number of carbonyl (C=O) groups is 8. The molecular weight excluding hydrogens is 1010 g/mol. The Kier molecular flexibility index (Phi) is 28.5. The molecule has 8 amide bonds. The van der Waals surface area contributed by atoms with E-state index >= 15 is 0 Å². The summed E-state index contributed by atoms with van der Waals surface area (Å²) in [4.78, 5) is 99.0. The highest BCUT2D eigenvalue weighted by molar-refractivity contribution is 5.95. The highest BCUT2D eigenvalue weighted by atomic mass is 16.2. The van der Waals surface area contributed by atoms with E-state index in [2.05, 4.69) is 98.6 Å². The van der Waals surface area contributed by atoms with Gasteiger partial charge in [0.1, 0.15) is 12.1 Å². The average Bonchev–Trinajstić information content (AvgIpc) is 4.22. The van der Waals surface area contributed by atoms with Gasteiger partial charge in [0, 0.05) is 56.2 Å². The van der Waals surface area contributed by atoms with Crippen LogP contribution in [0.4, 0.5) is 0 Å². The van der Waals surface area contributed by atoms with Gasteiger partial charge in [0.05, 0.1) is 24.2 Å². The highest BCUT2D eigenvalue weighted by Crippen LogP contribution is 2.30. The molecule has 80 heavy (non-hydrogen) atoms. The summed E-state index contributed by atoms with van der Waals surface area (Å²) in [6.45, 7) is 11.4. The summed E-state index contributed by atoms with van der Waals surface area (Å²) in [6.07, 6.45) is 10.9. The Morgan fingerprint density at radius 2 is 1.01 bits per heavy atom. The minimum absolute atomic E-state index is 0.0318. The Hall–Kier alpha value is -8.14. The van der Waals surface area contributed by atoms with Crippen LogP contribution in [-0.4, -0.2) is 129 Å². The molecule has 0 aromatic heterocycles. The van der Waals surface area contributed by atoms with Crippen molar-refractivity contribution in [1.29, 1.82) is 0 Å². The molecule has 0 saturated carbocycles. The third kappa shape index (κ3) is 20.6. The lowest BCUT2D eigenvalue weighted by Gasteiger charge is -2.25. The molecule has 0 bridgehead atoms. The van der Waals surface area contributed by atoms with E-state index in [0.717, 1.165) is 51.3 Å². The molecular formula is C62H82N10O8. The fourth-order valence-electron chi connectivity index (χ4n) is 9.54. The van der Waals surface area contributed by atoms with Gasteiger partial charge in [0.15, 0.2) is 0 Å². The fourth-order valence-corrected chi connectivity index (χ4v) is 9.54. The SMILES string of the molecule is C=C.CN[C@@H](C)C(=O)NC(CC#CCC(NC(=O)[C@H](C)NC)C(=O)N1CC[C@H](NC(=O)c2ccccc2)C1)C(=O)N1CCCC1.NC(=O)c1ccccc1.O=CNC1CCCc2ccccc21.O=CNC1CCCc2ccccc21. The minimum atomic E-state index is -0.911. The number of nitrogens with two attached hydrogens (primary N) is 1. The van der Waals surface area contributed by atoms with Crippen LogP contribution in [0.15, 0.2) is 122 Å². The normalized spacial score (nSPS) is 17.9. The van der Waals surface area contributed by atoms with Crippen molar-refractivity contribution in [3.8, 4) is 11.8 Å². The van der Waals surface area contributed by atoms with E-state index in [9.17, 15) is 38.4 Å². The molecule has 4 unspecified atom stereocenters. The van der Waals surface area contributed by atoms with Gasteiger partial charge in [0.2, 0.25) is 42.4 Å². The number of nitrogens with zero attached hydrogens (tertiary/aromatic N) is 2. The van der Waals surface area contributed by atoms with Crippen molar-refractivity contribution in [1.82, 2.24) is 47.0 Å². The Morgan fingerprint density at radius 3 is 1.44 bits per heavy atom. The fraction of sp³-hybridized carbons (Fsp3) is 0.419. The summed E-state index contributed by atoms with van der Waals surface area (Å²) in [5, 5.41) is 20.0. The molecule has 18 heteroatoms. The number of fused-ring (bicyclic) bond motifs is 2. The Morgan fingerprint density at radius 1 is 0.588 bits per heavy atom. The maximum absolute atomic E-state index is 13.5. The lowest BCUT2D eigenvalue weighted by Crippen LogP contribution is -2.52. The van der Waals surface area contributed by atoms with E-state index in [1.165, 1.54) is 35.1 Å². The first kappa shape index (κ1) is 64.4. The smallest absolute Gasteiger partial charge is 0.251 e. The van der Waals surface area contributed by atoms with E-state index in [0.29, 0.717) is 43.7 Å². The number of carbonyl (C=O) groups excluding carboxylic acids is 8. The minimum Gasteiger partial charge on any atom is -0.366 e. The van der Waals surface area contributed by atoms with Gasteiger partial charge >= 0.3 is 0 Å². The quantitative estimate of drug-likeness (QED) is 0.0407. The average molecular weight is 1100 g/mol. The van der Waals surface area contributed by atoms with Gasteiger partial charge in [-0.25, -0.2) is 0 Å². The van der Waals surface area contributed by atoms with E-state index < -0.39 is 24.2 Å². The number of aryl methyl sites for hydroxylation is 2. The zero-order valence-corrected chi connectivity index (χ0v) is 46.8. The number of amides is 8. The number of primary amides is 1. The first-order valence-corrected chi connectivity index (χ1v) is 27.5. The second kappa shape index (κ2) is 35.4. The van der Waals surface area contributed by atoms with Crippen LogP contribution < -0.4 is 43.0 Å². The molecule has 8 rings (SSSR count). The first-order valence-electron chi connectivity index (χ1n) is 27.5. The van der Waals surface area contributed by atoms with Crippen LogP contribution in [0.1, 0.15) is 127 Å². The van der Waals surface area contributed by atoms with Crippen LogP contribution in [-0.2, 0) is 41.6 Å². The van der Waals surface area contributed by atoms with Crippen molar-refractivity contribution in [2.24, 2.45) is 5.73 Å². The zero-order valence-electron chi connectivity index (χ0n) is 46.8. The van der Waals surface area contributed by atoms with Crippen molar-refractivity contribution in [3.05, 3.63) is 156 Å². The van der Waals surface area contributed by atoms with Crippen LogP contribution in [0, 0.1) is 11.8 Å². The van der Waals surface area contributed by atoms with Crippen molar-refractivity contribution < 1.29 is 38.4 Å². The second-order valence-corrected chi connectivity index (χ2v) is 19.6. The number of likely N-dealkylation sites (N-methyl/N-ethyl adjacent to an activating group) is 2. The van der Waals surface area contributed by atoms with E-state index in [1.54, 1.807) is 86.3 Å². The lowest BCUT2D eigenvalue weighted by atomic mass is 9.88. The van der Waals surface area contributed by atoms with Gasteiger partial charge in [-0.05, 0) is 132 Å². The molecule has 7 atom stereocenters. The van der Waals surface area contributed by atoms with Crippen LogP contribution >= 0.6 is 0 Å².